The van der Waals surface area contributed by atoms with Gasteiger partial charge in [-0.3, -0.25) is 0 Å². The van der Waals surface area contributed by atoms with Gasteiger partial charge in [0, 0.05) is 12.0 Å². The molecule has 0 fully saturated rings. The van der Waals surface area contributed by atoms with Gasteiger partial charge < -0.3 is 10.5 Å². The Bertz CT molecular complexity index is 858. The molecule has 0 aliphatic carbocycles. The van der Waals surface area contributed by atoms with Gasteiger partial charge in [-0.2, -0.15) is 10.2 Å². The Morgan fingerprint density at radius 2 is 1.62 bits per heavy atom. The van der Waals surface area contributed by atoms with E-state index >= 15 is 0 Å². The molecule has 0 aliphatic heterocycles. The van der Waals surface area contributed by atoms with Gasteiger partial charge in [-0.1, -0.05) is 60.7 Å². The van der Waals surface area contributed by atoms with Crippen molar-refractivity contribution < 1.29 is 4.74 Å². The normalized spacial score (nSPS) is 10.1. The lowest BCUT2D eigenvalue weighted by Gasteiger charge is -2.11. The number of nitrogens with zero attached hydrogens (tertiary/aromatic N) is 3. The second kappa shape index (κ2) is 7.25. The fraction of sp³-hybridized carbons (Fsp3) is 0.105. The minimum atomic E-state index is 0.0857. The van der Waals surface area contributed by atoms with Crippen LogP contribution in [0.2, 0.25) is 0 Å². The van der Waals surface area contributed by atoms with Crippen LogP contribution in [0, 0.1) is 11.3 Å². The zero-order valence-corrected chi connectivity index (χ0v) is 13.0. The van der Waals surface area contributed by atoms with Gasteiger partial charge in [-0.15, -0.1) is 0 Å². The highest BCUT2D eigenvalue weighted by Crippen LogP contribution is 2.27. The minimum Gasteiger partial charge on any atom is -0.476 e. The number of nitrogens with two attached hydrogens (primary N) is 1. The number of ether oxygens (including phenoxy) is 1. The molecule has 2 N–H and O–H groups in total. The third-order valence-electron chi connectivity index (χ3n) is 3.52. The molecule has 1 heterocycles. The highest BCUT2D eigenvalue weighted by atomic mass is 16.5. The van der Waals surface area contributed by atoms with E-state index in [1.54, 1.807) is 0 Å². The molecule has 118 valence electrons. The highest BCUT2D eigenvalue weighted by molar-refractivity contribution is 5.69. The van der Waals surface area contributed by atoms with E-state index in [2.05, 4.69) is 16.0 Å². The monoisotopic (exact) mass is 316 g/mol. The summed E-state index contributed by atoms with van der Waals surface area (Å²) < 4.78 is 5.72. The molecule has 0 spiro atoms. The van der Waals surface area contributed by atoms with E-state index in [0.29, 0.717) is 17.9 Å². The molecule has 0 radical (unpaired) electrons. The van der Waals surface area contributed by atoms with Crippen molar-refractivity contribution in [3.63, 3.8) is 0 Å². The van der Waals surface area contributed by atoms with Crippen LogP contribution in [0.3, 0.4) is 0 Å². The van der Waals surface area contributed by atoms with Crippen molar-refractivity contribution in [3.8, 4) is 23.2 Å². The Balaban J connectivity index is 1.85. The van der Waals surface area contributed by atoms with Crippen LogP contribution in [0.1, 0.15) is 11.1 Å². The molecule has 2 aromatic carbocycles. The van der Waals surface area contributed by atoms with E-state index in [0.717, 1.165) is 17.5 Å². The third kappa shape index (κ3) is 3.50. The van der Waals surface area contributed by atoms with Crippen molar-refractivity contribution in [1.29, 1.82) is 5.26 Å². The van der Waals surface area contributed by atoms with Gasteiger partial charge in [-0.25, -0.2) is 4.98 Å². The summed E-state index contributed by atoms with van der Waals surface area (Å²) in [7, 11) is 0. The van der Waals surface area contributed by atoms with Crippen molar-refractivity contribution in [2.45, 2.75) is 6.42 Å². The van der Waals surface area contributed by atoms with Gasteiger partial charge >= 0.3 is 0 Å². The molecule has 5 heteroatoms. The van der Waals surface area contributed by atoms with E-state index in [-0.39, 0.29) is 11.8 Å². The largest absolute Gasteiger partial charge is 0.476 e. The predicted octanol–water partition coefficient (Wildman–Crippen LogP) is 3.22. The molecule has 0 bridgehead atoms. The second-order valence-corrected chi connectivity index (χ2v) is 5.17. The van der Waals surface area contributed by atoms with E-state index in [1.807, 2.05) is 60.7 Å². The summed E-state index contributed by atoms with van der Waals surface area (Å²) in [6, 6.07) is 21.5. The van der Waals surface area contributed by atoms with Crippen molar-refractivity contribution in [2.75, 3.05) is 12.3 Å². The third-order valence-corrected chi connectivity index (χ3v) is 3.52. The van der Waals surface area contributed by atoms with Crippen LogP contribution in [0.5, 0.6) is 5.88 Å². The molecule has 0 saturated carbocycles. The number of hydrogen-bond donors (Lipinski definition) is 1. The van der Waals surface area contributed by atoms with E-state index in [9.17, 15) is 5.26 Å². The first-order valence-electron chi connectivity index (χ1n) is 7.57. The average Bonchev–Trinajstić information content (AvgIpc) is 2.63. The second-order valence-electron chi connectivity index (χ2n) is 5.17. The van der Waals surface area contributed by atoms with Crippen LogP contribution in [-0.2, 0) is 6.42 Å². The topological polar surface area (TPSA) is 84.8 Å². The Labute approximate surface area is 140 Å². The van der Waals surface area contributed by atoms with Gasteiger partial charge in [0.1, 0.15) is 11.6 Å². The van der Waals surface area contributed by atoms with Gasteiger partial charge in [-0.05, 0) is 5.56 Å². The number of aromatic nitrogens is 2. The first kappa shape index (κ1) is 15.5. The van der Waals surface area contributed by atoms with Gasteiger partial charge in [0.05, 0.1) is 12.3 Å². The molecule has 5 nitrogen and oxygen atoms in total. The summed E-state index contributed by atoms with van der Waals surface area (Å²) in [6.45, 7) is 0.406. The summed E-state index contributed by atoms with van der Waals surface area (Å²) in [6.07, 6.45) is 0.719. The van der Waals surface area contributed by atoms with Gasteiger partial charge in [0.15, 0.2) is 0 Å². The summed E-state index contributed by atoms with van der Waals surface area (Å²) in [4.78, 5) is 8.29. The van der Waals surface area contributed by atoms with Crippen LogP contribution in [0.15, 0.2) is 60.7 Å². The Hall–Kier alpha value is -3.39. The number of anilines is 1. The van der Waals surface area contributed by atoms with Gasteiger partial charge in [0.25, 0.3) is 0 Å². The van der Waals surface area contributed by atoms with Crippen LogP contribution in [0.4, 0.5) is 5.95 Å². The molecule has 1 aromatic heterocycles. The van der Waals surface area contributed by atoms with Crippen LogP contribution < -0.4 is 10.5 Å². The smallest absolute Gasteiger partial charge is 0.237 e. The van der Waals surface area contributed by atoms with Crippen LogP contribution in [0.25, 0.3) is 11.3 Å². The van der Waals surface area contributed by atoms with E-state index in [1.165, 1.54) is 0 Å². The predicted molar refractivity (Wildman–Crippen MR) is 92.2 cm³/mol. The summed E-state index contributed by atoms with van der Waals surface area (Å²) in [5.41, 5.74) is 8.53. The fourth-order valence-electron chi connectivity index (χ4n) is 2.38. The zero-order chi connectivity index (χ0) is 16.8. The maximum Gasteiger partial charge on any atom is 0.237 e. The molecule has 0 atom stereocenters. The highest BCUT2D eigenvalue weighted by Gasteiger charge is 2.16. The quantitative estimate of drug-likeness (QED) is 0.781. The number of hydrogen-bond acceptors (Lipinski definition) is 5. The van der Waals surface area contributed by atoms with E-state index < -0.39 is 0 Å². The maximum absolute atomic E-state index is 9.52. The molecular weight excluding hydrogens is 300 g/mol. The summed E-state index contributed by atoms with van der Waals surface area (Å²) >= 11 is 0. The standard InChI is InChI=1S/C19H16N4O/c20-13-16-17(15-9-5-2-6-10-15)22-19(21)23-18(16)24-12-11-14-7-3-1-4-8-14/h1-10H,11-12H2,(H2,21,22,23). The van der Waals surface area contributed by atoms with Crippen molar-refractivity contribution >= 4 is 5.95 Å². The molecule has 0 amide bonds. The first-order valence-corrected chi connectivity index (χ1v) is 7.57. The van der Waals surface area contributed by atoms with Gasteiger partial charge in [0.2, 0.25) is 11.8 Å². The van der Waals surface area contributed by atoms with E-state index in [4.69, 9.17) is 10.5 Å². The molecule has 0 saturated heterocycles. The summed E-state index contributed by atoms with van der Waals surface area (Å²) in [5, 5.41) is 9.52. The SMILES string of the molecule is N#Cc1c(OCCc2ccccc2)nc(N)nc1-c1ccccc1. The Morgan fingerprint density at radius 1 is 0.958 bits per heavy atom. The van der Waals surface area contributed by atoms with Crippen LogP contribution >= 0.6 is 0 Å². The van der Waals surface area contributed by atoms with Crippen LogP contribution in [-0.4, -0.2) is 16.6 Å². The van der Waals surface area contributed by atoms with Crippen molar-refractivity contribution in [2.24, 2.45) is 0 Å². The number of nitriles is 1. The first-order chi connectivity index (χ1) is 11.8. The number of nitrogen functional groups attached to an aromatic ring is 1. The maximum atomic E-state index is 9.52. The molecule has 3 rings (SSSR count). The lowest BCUT2D eigenvalue weighted by atomic mass is 10.1. The molecule has 0 aliphatic rings. The Morgan fingerprint density at radius 3 is 2.29 bits per heavy atom. The molecular formula is C19H16N4O. The molecule has 3 aromatic rings. The fourth-order valence-corrected chi connectivity index (χ4v) is 2.38. The zero-order valence-electron chi connectivity index (χ0n) is 13.0. The average molecular weight is 316 g/mol. The minimum absolute atomic E-state index is 0.0857. The summed E-state index contributed by atoms with van der Waals surface area (Å²) in [5.74, 6) is 0.308. The van der Waals surface area contributed by atoms with Crippen molar-refractivity contribution in [3.05, 3.63) is 71.8 Å². The van der Waals surface area contributed by atoms with Crippen molar-refractivity contribution in [1.82, 2.24) is 9.97 Å². The Kier molecular flexibility index (Phi) is 4.68. The lowest BCUT2D eigenvalue weighted by molar-refractivity contribution is 0.308. The molecule has 24 heavy (non-hydrogen) atoms. The number of rotatable bonds is 5. The molecule has 0 unspecified atom stereocenters. The lowest BCUT2D eigenvalue weighted by Crippen LogP contribution is -2.08. The number of benzene rings is 2.